The second-order valence-corrected chi connectivity index (χ2v) is 3.85. The van der Waals surface area contributed by atoms with Crippen molar-refractivity contribution in [3.05, 3.63) is 42.0 Å². The number of anilines is 1. The van der Waals surface area contributed by atoms with Gasteiger partial charge in [0.1, 0.15) is 11.5 Å². The normalized spacial score (nSPS) is 11.8. The van der Waals surface area contributed by atoms with Gasteiger partial charge in [-0.15, -0.1) is 5.10 Å². The van der Waals surface area contributed by atoms with Crippen molar-refractivity contribution in [3.8, 4) is 6.07 Å². The summed E-state index contributed by atoms with van der Waals surface area (Å²) in [5.74, 6) is -0.384. The van der Waals surface area contributed by atoms with Gasteiger partial charge in [-0.3, -0.25) is 0 Å². The third-order valence-corrected chi connectivity index (χ3v) is 2.45. The van der Waals surface area contributed by atoms with Gasteiger partial charge in [-0.1, -0.05) is 11.3 Å². The van der Waals surface area contributed by atoms with Crippen LogP contribution in [0.2, 0.25) is 0 Å². The maximum Gasteiger partial charge on any atom is 0.160 e. The lowest BCUT2D eigenvalue weighted by molar-refractivity contribution is 0.268. The number of benzene rings is 1. The Morgan fingerprint density at radius 1 is 1.53 bits per heavy atom. The van der Waals surface area contributed by atoms with Crippen LogP contribution in [0.25, 0.3) is 0 Å². The molecule has 7 heteroatoms. The molecule has 0 amide bonds. The number of rotatable bonds is 5. The minimum Gasteiger partial charge on any atom is -0.394 e. The SMILES string of the molecule is N#CC(Nc1cccc(F)c1)c1cn(CCO)nn1. The zero-order chi connectivity index (χ0) is 13.7. The number of nitriles is 1. The highest BCUT2D eigenvalue weighted by Gasteiger charge is 2.14. The van der Waals surface area contributed by atoms with Crippen molar-refractivity contribution in [2.45, 2.75) is 12.6 Å². The van der Waals surface area contributed by atoms with E-state index in [-0.39, 0.29) is 12.4 Å². The third kappa shape index (κ3) is 3.26. The number of hydrogen-bond acceptors (Lipinski definition) is 5. The van der Waals surface area contributed by atoms with E-state index in [0.717, 1.165) is 0 Å². The number of nitrogens with one attached hydrogen (secondary N) is 1. The average molecular weight is 261 g/mol. The lowest BCUT2D eigenvalue weighted by atomic mass is 10.2. The van der Waals surface area contributed by atoms with E-state index in [1.165, 1.54) is 16.8 Å². The fourth-order valence-electron chi connectivity index (χ4n) is 1.57. The predicted molar refractivity (Wildman–Crippen MR) is 65.5 cm³/mol. The highest BCUT2D eigenvalue weighted by molar-refractivity contribution is 5.46. The van der Waals surface area contributed by atoms with Crippen LogP contribution in [0.1, 0.15) is 11.7 Å². The molecular weight excluding hydrogens is 249 g/mol. The smallest absolute Gasteiger partial charge is 0.160 e. The molecule has 0 aliphatic carbocycles. The molecule has 0 aliphatic rings. The van der Waals surface area contributed by atoms with E-state index in [1.54, 1.807) is 18.3 Å². The number of halogens is 1. The summed E-state index contributed by atoms with van der Waals surface area (Å²) < 4.78 is 14.5. The zero-order valence-corrected chi connectivity index (χ0v) is 9.99. The number of aliphatic hydroxyl groups excluding tert-OH is 1. The Labute approximate surface area is 109 Å². The van der Waals surface area contributed by atoms with Gasteiger partial charge in [0, 0.05) is 5.69 Å². The molecule has 0 fully saturated rings. The van der Waals surface area contributed by atoms with Gasteiger partial charge >= 0.3 is 0 Å². The summed E-state index contributed by atoms with van der Waals surface area (Å²) in [5, 5.41) is 28.4. The Morgan fingerprint density at radius 3 is 3.05 bits per heavy atom. The lowest BCUT2D eigenvalue weighted by Crippen LogP contribution is -2.09. The zero-order valence-electron chi connectivity index (χ0n) is 9.99. The lowest BCUT2D eigenvalue weighted by Gasteiger charge is -2.09. The molecule has 1 atom stereocenters. The molecule has 2 rings (SSSR count). The van der Waals surface area contributed by atoms with Crippen molar-refractivity contribution >= 4 is 5.69 Å². The number of aromatic nitrogens is 3. The molecule has 2 N–H and O–H groups in total. The number of hydrogen-bond donors (Lipinski definition) is 2. The van der Waals surface area contributed by atoms with Crippen molar-refractivity contribution < 1.29 is 9.50 Å². The van der Waals surface area contributed by atoms with Gasteiger partial charge in [-0.2, -0.15) is 5.26 Å². The summed E-state index contributed by atoms with van der Waals surface area (Å²) >= 11 is 0. The second kappa shape index (κ2) is 5.93. The minimum atomic E-state index is -0.728. The largest absolute Gasteiger partial charge is 0.394 e. The molecular formula is C12H12FN5O. The van der Waals surface area contributed by atoms with Crippen LogP contribution in [0.5, 0.6) is 0 Å². The molecule has 0 radical (unpaired) electrons. The number of nitrogens with zero attached hydrogens (tertiary/aromatic N) is 4. The van der Waals surface area contributed by atoms with Crippen LogP contribution in [0.15, 0.2) is 30.5 Å². The Bertz CT molecular complexity index is 592. The molecule has 1 aromatic heterocycles. The van der Waals surface area contributed by atoms with Crippen molar-refractivity contribution in [1.29, 1.82) is 5.26 Å². The molecule has 0 saturated heterocycles. The first-order chi connectivity index (χ1) is 9.22. The van der Waals surface area contributed by atoms with E-state index in [9.17, 15) is 4.39 Å². The highest BCUT2D eigenvalue weighted by Crippen LogP contribution is 2.17. The molecule has 1 unspecified atom stereocenters. The Kier molecular flexibility index (Phi) is 4.05. The van der Waals surface area contributed by atoms with Crippen LogP contribution >= 0.6 is 0 Å². The fourth-order valence-corrected chi connectivity index (χ4v) is 1.57. The van der Waals surface area contributed by atoms with Crippen LogP contribution in [0.4, 0.5) is 10.1 Å². The second-order valence-electron chi connectivity index (χ2n) is 3.85. The maximum atomic E-state index is 13.0. The standard InChI is InChI=1S/C12H12FN5O/c13-9-2-1-3-10(6-9)15-11(7-14)12-8-18(4-5-19)17-16-12/h1-3,6,8,11,15,19H,4-5H2. The van der Waals surface area contributed by atoms with Crippen molar-refractivity contribution in [2.75, 3.05) is 11.9 Å². The van der Waals surface area contributed by atoms with Crippen LogP contribution < -0.4 is 5.32 Å². The van der Waals surface area contributed by atoms with E-state index in [1.807, 2.05) is 6.07 Å². The highest BCUT2D eigenvalue weighted by atomic mass is 19.1. The summed E-state index contributed by atoms with van der Waals surface area (Å²) in [7, 11) is 0. The molecule has 1 heterocycles. The van der Waals surface area contributed by atoms with E-state index < -0.39 is 6.04 Å². The minimum absolute atomic E-state index is 0.0582. The Morgan fingerprint density at radius 2 is 2.37 bits per heavy atom. The van der Waals surface area contributed by atoms with Gasteiger partial charge in [0.25, 0.3) is 0 Å². The molecule has 98 valence electrons. The topological polar surface area (TPSA) is 86.8 Å². The van der Waals surface area contributed by atoms with E-state index in [0.29, 0.717) is 17.9 Å². The van der Waals surface area contributed by atoms with E-state index in [2.05, 4.69) is 15.6 Å². The van der Waals surface area contributed by atoms with Gasteiger partial charge in [0.15, 0.2) is 6.04 Å². The first kappa shape index (κ1) is 13.0. The molecule has 6 nitrogen and oxygen atoms in total. The summed E-state index contributed by atoms with van der Waals surface area (Å²) in [6.07, 6.45) is 1.57. The maximum absolute atomic E-state index is 13.0. The number of aliphatic hydroxyl groups is 1. The molecule has 2 aromatic rings. The molecule has 0 saturated carbocycles. The first-order valence-corrected chi connectivity index (χ1v) is 5.65. The molecule has 1 aromatic carbocycles. The van der Waals surface area contributed by atoms with Crippen LogP contribution in [-0.2, 0) is 6.54 Å². The first-order valence-electron chi connectivity index (χ1n) is 5.65. The van der Waals surface area contributed by atoms with E-state index in [4.69, 9.17) is 10.4 Å². The average Bonchev–Trinajstić information content (AvgIpc) is 2.85. The van der Waals surface area contributed by atoms with Gasteiger partial charge in [0.2, 0.25) is 0 Å². The van der Waals surface area contributed by atoms with Gasteiger partial charge in [-0.05, 0) is 18.2 Å². The molecule has 19 heavy (non-hydrogen) atoms. The van der Waals surface area contributed by atoms with Crippen molar-refractivity contribution in [3.63, 3.8) is 0 Å². The van der Waals surface area contributed by atoms with Gasteiger partial charge in [-0.25, -0.2) is 9.07 Å². The van der Waals surface area contributed by atoms with Crippen LogP contribution in [0, 0.1) is 17.1 Å². The summed E-state index contributed by atoms with van der Waals surface area (Å²) in [6, 6.07) is 7.13. The third-order valence-electron chi connectivity index (χ3n) is 2.45. The quantitative estimate of drug-likeness (QED) is 0.841. The van der Waals surface area contributed by atoms with Gasteiger partial charge < -0.3 is 10.4 Å². The fraction of sp³-hybridized carbons (Fsp3) is 0.250. The summed E-state index contributed by atoms with van der Waals surface area (Å²) in [5.41, 5.74) is 0.906. The monoisotopic (exact) mass is 261 g/mol. The Balaban J connectivity index is 2.13. The van der Waals surface area contributed by atoms with Gasteiger partial charge in [0.05, 0.1) is 25.4 Å². The molecule has 0 spiro atoms. The van der Waals surface area contributed by atoms with Crippen LogP contribution in [-0.4, -0.2) is 26.7 Å². The summed E-state index contributed by atoms with van der Waals surface area (Å²) in [4.78, 5) is 0. The van der Waals surface area contributed by atoms with Crippen molar-refractivity contribution in [2.24, 2.45) is 0 Å². The predicted octanol–water partition coefficient (Wildman–Crippen LogP) is 1.09. The van der Waals surface area contributed by atoms with Crippen LogP contribution in [0.3, 0.4) is 0 Å². The molecule has 0 bridgehead atoms. The molecule has 0 aliphatic heterocycles. The summed E-state index contributed by atoms with van der Waals surface area (Å²) in [6.45, 7) is 0.252. The Hall–Kier alpha value is -2.46. The van der Waals surface area contributed by atoms with Crippen molar-refractivity contribution in [1.82, 2.24) is 15.0 Å². The van der Waals surface area contributed by atoms with E-state index >= 15 is 0 Å².